The molecule has 0 bridgehead atoms. The zero-order valence-corrected chi connectivity index (χ0v) is 17.0. The summed E-state index contributed by atoms with van der Waals surface area (Å²) in [6.45, 7) is 0.897. The van der Waals surface area contributed by atoms with Gasteiger partial charge in [-0.15, -0.1) is 0 Å². The molecule has 2 amide bonds. The van der Waals surface area contributed by atoms with Crippen LogP contribution < -0.4 is 10.6 Å². The maximum atomic E-state index is 13.0. The molecule has 2 aromatic rings. The SMILES string of the molecule is O=C(NCCC1CCCCN1S(=O)(=O)c1ccccc1)Nc1cccc(Cl)c1. The molecule has 0 aromatic heterocycles. The van der Waals surface area contributed by atoms with E-state index in [-0.39, 0.29) is 12.1 Å². The van der Waals surface area contributed by atoms with Crippen LogP contribution in [0.3, 0.4) is 0 Å². The Balaban J connectivity index is 1.57. The van der Waals surface area contributed by atoms with Crippen molar-refractivity contribution in [1.29, 1.82) is 0 Å². The number of piperidine rings is 1. The fraction of sp³-hybridized carbons (Fsp3) is 0.350. The number of amides is 2. The normalized spacial score (nSPS) is 17.8. The highest BCUT2D eigenvalue weighted by atomic mass is 35.5. The number of hydrogen-bond donors (Lipinski definition) is 2. The van der Waals surface area contributed by atoms with E-state index in [0.29, 0.717) is 35.1 Å². The molecule has 1 aliphatic rings. The van der Waals surface area contributed by atoms with E-state index >= 15 is 0 Å². The Labute approximate surface area is 170 Å². The van der Waals surface area contributed by atoms with Gasteiger partial charge in [0.1, 0.15) is 0 Å². The molecule has 28 heavy (non-hydrogen) atoms. The quantitative estimate of drug-likeness (QED) is 0.737. The average Bonchev–Trinajstić information content (AvgIpc) is 2.69. The van der Waals surface area contributed by atoms with E-state index in [4.69, 9.17) is 11.6 Å². The Bertz CT molecular complexity index is 906. The third kappa shape index (κ3) is 5.25. The Morgan fingerprint density at radius 2 is 1.89 bits per heavy atom. The Morgan fingerprint density at radius 1 is 1.11 bits per heavy atom. The largest absolute Gasteiger partial charge is 0.338 e. The van der Waals surface area contributed by atoms with Gasteiger partial charge in [0.05, 0.1) is 4.90 Å². The molecular formula is C20H24ClN3O3S. The second kappa shape index (κ2) is 9.41. The van der Waals surface area contributed by atoms with Gasteiger partial charge in [0.15, 0.2) is 0 Å². The lowest BCUT2D eigenvalue weighted by molar-refractivity contribution is 0.234. The second-order valence-corrected chi connectivity index (χ2v) is 9.09. The second-order valence-electron chi connectivity index (χ2n) is 6.76. The summed E-state index contributed by atoms with van der Waals surface area (Å²) in [5, 5.41) is 6.06. The van der Waals surface area contributed by atoms with Gasteiger partial charge in [-0.2, -0.15) is 4.31 Å². The fourth-order valence-corrected chi connectivity index (χ4v) is 5.34. The van der Waals surface area contributed by atoms with Crippen LogP contribution in [0.15, 0.2) is 59.5 Å². The molecule has 0 spiro atoms. The van der Waals surface area contributed by atoms with Crippen molar-refractivity contribution in [3.05, 3.63) is 59.6 Å². The molecule has 0 saturated carbocycles. The molecular weight excluding hydrogens is 398 g/mol. The zero-order chi connectivity index (χ0) is 20.0. The summed E-state index contributed by atoms with van der Waals surface area (Å²) >= 11 is 5.91. The number of anilines is 1. The van der Waals surface area contributed by atoms with Gasteiger partial charge < -0.3 is 10.6 Å². The molecule has 1 fully saturated rings. The predicted molar refractivity (Wildman–Crippen MR) is 111 cm³/mol. The molecule has 6 nitrogen and oxygen atoms in total. The standard InChI is InChI=1S/C20H24ClN3O3S/c21-16-7-6-8-17(15-16)23-20(25)22-13-12-18-9-4-5-14-24(18)28(26,27)19-10-2-1-3-11-19/h1-3,6-8,10-11,15,18H,4-5,9,12-14H2,(H2,22,23,25). The Morgan fingerprint density at radius 3 is 2.64 bits per heavy atom. The molecule has 0 aliphatic carbocycles. The first kappa shape index (κ1) is 20.6. The molecule has 8 heteroatoms. The van der Waals surface area contributed by atoms with E-state index in [9.17, 15) is 13.2 Å². The van der Waals surface area contributed by atoms with E-state index in [2.05, 4.69) is 10.6 Å². The number of sulfonamides is 1. The number of carbonyl (C=O) groups excluding carboxylic acids is 1. The van der Waals surface area contributed by atoms with Gasteiger partial charge in [-0.05, 0) is 49.6 Å². The van der Waals surface area contributed by atoms with Gasteiger partial charge in [-0.25, -0.2) is 13.2 Å². The number of nitrogens with one attached hydrogen (secondary N) is 2. The van der Waals surface area contributed by atoms with Gasteiger partial charge in [0, 0.05) is 29.8 Å². The first-order valence-corrected chi connectivity index (χ1v) is 11.2. The molecule has 3 rings (SSSR count). The van der Waals surface area contributed by atoms with Gasteiger partial charge in [-0.1, -0.05) is 42.3 Å². The highest BCUT2D eigenvalue weighted by Gasteiger charge is 2.33. The molecule has 1 atom stereocenters. The minimum absolute atomic E-state index is 0.120. The number of rotatable bonds is 6. The summed E-state index contributed by atoms with van der Waals surface area (Å²) in [7, 11) is -3.52. The van der Waals surface area contributed by atoms with Crippen molar-refractivity contribution in [2.24, 2.45) is 0 Å². The van der Waals surface area contributed by atoms with Crippen LogP contribution >= 0.6 is 11.6 Å². The van der Waals surface area contributed by atoms with Gasteiger partial charge in [0.2, 0.25) is 10.0 Å². The lowest BCUT2D eigenvalue weighted by Crippen LogP contribution is -2.45. The third-order valence-electron chi connectivity index (χ3n) is 4.77. The van der Waals surface area contributed by atoms with Crippen molar-refractivity contribution in [3.8, 4) is 0 Å². The first-order chi connectivity index (χ1) is 13.5. The summed E-state index contributed by atoms with van der Waals surface area (Å²) in [4.78, 5) is 12.4. The van der Waals surface area contributed by atoms with Crippen molar-refractivity contribution in [2.45, 2.75) is 36.6 Å². The lowest BCUT2D eigenvalue weighted by Gasteiger charge is -2.34. The van der Waals surface area contributed by atoms with E-state index < -0.39 is 10.0 Å². The lowest BCUT2D eigenvalue weighted by atomic mass is 10.0. The number of urea groups is 1. The Hall–Kier alpha value is -2.09. The first-order valence-electron chi connectivity index (χ1n) is 9.34. The van der Waals surface area contributed by atoms with Crippen molar-refractivity contribution < 1.29 is 13.2 Å². The van der Waals surface area contributed by atoms with Gasteiger partial charge in [-0.3, -0.25) is 0 Å². The van der Waals surface area contributed by atoms with Crippen molar-refractivity contribution in [3.63, 3.8) is 0 Å². The predicted octanol–water partition coefficient (Wildman–Crippen LogP) is 4.10. The number of hydrogen-bond acceptors (Lipinski definition) is 3. The maximum Gasteiger partial charge on any atom is 0.319 e. The van der Waals surface area contributed by atoms with Crippen LogP contribution in [0.25, 0.3) is 0 Å². The van der Waals surface area contributed by atoms with E-state index in [0.717, 1.165) is 19.3 Å². The number of benzene rings is 2. The number of carbonyl (C=O) groups is 1. The summed E-state index contributed by atoms with van der Waals surface area (Å²) in [6, 6.07) is 14.9. The fourth-order valence-electron chi connectivity index (χ4n) is 3.40. The number of halogens is 1. The molecule has 1 unspecified atom stereocenters. The topological polar surface area (TPSA) is 78.5 Å². The van der Waals surface area contributed by atoms with Crippen molar-refractivity contribution in [2.75, 3.05) is 18.4 Å². The van der Waals surface area contributed by atoms with Gasteiger partial charge in [0.25, 0.3) is 0 Å². The molecule has 1 saturated heterocycles. The molecule has 1 heterocycles. The van der Waals surface area contributed by atoms with Crippen LogP contribution in [0.4, 0.5) is 10.5 Å². The monoisotopic (exact) mass is 421 g/mol. The maximum absolute atomic E-state index is 13.0. The number of nitrogens with zero attached hydrogens (tertiary/aromatic N) is 1. The van der Waals surface area contributed by atoms with Crippen LogP contribution in [0.2, 0.25) is 5.02 Å². The highest BCUT2D eigenvalue weighted by molar-refractivity contribution is 7.89. The smallest absolute Gasteiger partial charge is 0.319 e. The summed E-state index contributed by atoms with van der Waals surface area (Å²) in [5.74, 6) is 0. The van der Waals surface area contributed by atoms with E-state index in [1.54, 1.807) is 58.9 Å². The molecule has 2 N–H and O–H groups in total. The summed E-state index contributed by atoms with van der Waals surface area (Å²) < 4.78 is 27.5. The van der Waals surface area contributed by atoms with Crippen LogP contribution in [0.1, 0.15) is 25.7 Å². The zero-order valence-electron chi connectivity index (χ0n) is 15.5. The summed E-state index contributed by atoms with van der Waals surface area (Å²) in [6.07, 6.45) is 3.20. The Kier molecular flexibility index (Phi) is 6.93. The average molecular weight is 422 g/mol. The molecule has 2 aromatic carbocycles. The minimum Gasteiger partial charge on any atom is -0.338 e. The van der Waals surface area contributed by atoms with Crippen LogP contribution in [-0.2, 0) is 10.0 Å². The molecule has 0 radical (unpaired) electrons. The molecule has 150 valence electrons. The third-order valence-corrected chi connectivity index (χ3v) is 6.97. The molecule has 1 aliphatic heterocycles. The minimum atomic E-state index is -3.52. The summed E-state index contributed by atoms with van der Waals surface area (Å²) in [5.41, 5.74) is 0.607. The highest BCUT2D eigenvalue weighted by Crippen LogP contribution is 2.26. The van der Waals surface area contributed by atoms with Gasteiger partial charge >= 0.3 is 6.03 Å². The van der Waals surface area contributed by atoms with E-state index in [1.165, 1.54) is 0 Å². The van der Waals surface area contributed by atoms with Crippen LogP contribution in [0, 0.1) is 0 Å². The van der Waals surface area contributed by atoms with Crippen LogP contribution in [-0.4, -0.2) is 37.9 Å². The van der Waals surface area contributed by atoms with Crippen LogP contribution in [0.5, 0.6) is 0 Å². The van der Waals surface area contributed by atoms with Crippen molar-refractivity contribution >= 4 is 33.3 Å². The van der Waals surface area contributed by atoms with Crippen molar-refractivity contribution in [1.82, 2.24) is 9.62 Å². The van der Waals surface area contributed by atoms with E-state index in [1.807, 2.05) is 0 Å².